The predicted molar refractivity (Wildman–Crippen MR) is 124 cm³/mol. The summed E-state index contributed by atoms with van der Waals surface area (Å²) in [5.41, 5.74) is 3.03. The van der Waals surface area contributed by atoms with Gasteiger partial charge in [-0.25, -0.2) is 9.37 Å². The molecule has 1 aliphatic heterocycles. The Kier molecular flexibility index (Phi) is 5.38. The molecular formula is C26H23FN4O2. The molecule has 1 atom stereocenters. The van der Waals surface area contributed by atoms with Crippen LogP contribution in [0.25, 0.3) is 16.8 Å². The average Bonchev–Trinajstić information content (AvgIpc) is 3.47. The maximum Gasteiger partial charge on any atom is 0.246 e. The molecule has 2 aromatic heterocycles. The van der Waals surface area contributed by atoms with Crippen LogP contribution in [0.2, 0.25) is 0 Å². The number of rotatable bonds is 5. The lowest BCUT2D eigenvalue weighted by Crippen LogP contribution is -2.29. The Morgan fingerprint density at radius 1 is 1.24 bits per heavy atom. The van der Waals surface area contributed by atoms with Crippen molar-refractivity contribution < 1.29 is 13.9 Å². The van der Waals surface area contributed by atoms with E-state index in [0.29, 0.717) is 17.9 Å². The van der Waals surface area contributed by atoms with Crippen LogP contribution in [0.1, 0.15) is 30.3 Å². The third-order valence-corrected chi connectivity index (χ3v) is 5.99. The minimum Gasteiger partial charge on any atom is -0.454 e. The number of carbonyl (C=O) groups is 1. The van der Waals surface area contributed by atoms with Gasteiger partial charge in [0.2, 0.25) is 5.91 Å². The van der Waals surface area contributed by atoms with Crippen LogP contribution >= 0.6 is 0 Å². The van der Waals surface area contributed by atoms with Crippen molar-refractivity contribution in [2.75, 3.05) is 6.54 Å². The van der Waals surface area contributed by atoms with Gasteiger partial charge in [-0.05, 0) is 61.7 Å². The zero-order valence-electron chi connectivity index (χ0n) is 18.2. The lowest BCUT2D eigenvalue weighted by atomic mass is 10.1. The van der Waals surface area contributed by atoms with E-state index in [1.54, 1.807) is 49.6 Å². The fourth-order valence-electron chi connectivity index (χ4n) is 4.33. The first kappa shape index (κ1) is 20.9. The summed E-state index contributed by atoms with van der Waals surface area (Å²) in [7, 11) is 0. The number of nitrogens with zero attached hydrogens (tertiary/aromatic N) is 4. The van der Waals surface area contributed by atoms with Gasteiger partial charge in [-0.3, -0.25) is 14.2 Å². The zero-order valence-corrected chi connectivity index (χ0v) is 18.2. The highest BCUT2D eigenvalue weighted by Crippen LogP contribution is 2.36. The number of benzene rings is 2. The molecule has 166 valence electrons. The summed E-state index contributed by atoms with van der Waals surface area (Å²) in [5, 5.41) is 0. The second kappa shape index (κ2) is 8.50. The second-order valence-corrected chi connectivity index (χ2v) is 8.06. The number of carbonyl (C=O) groups excluding carboxylic acids is 1. The first-order chi connectivity index (χ1) is 16.1. The van der Waals surface area contributed by atoms with Crippen LogP contribution in [0.5, 0.6) is 11.5 Å². The molecule has 0 bridgehead atoms. The topological polar surface area (TPSA) is 59.7 Å². The van der Waals surface area contributed by atoms with Gasteiger partial charge in [0.15, 0.2) is 11.6 Å². The highest BCUT2D eigenvalue weighted by Gasteiger charge is 2.32. The van der Waals surface area contributed by atoms with Crippen molar-refractivity contribution in [2.45, 2.75) is 25.8 Å². The Morgan fingerprint density at radius 3 is 2.85 bits per heavy atom. The maximum atomic E-state index is 14.3. The van der Waals surface area contributed by atoms with Crippen LogP contribution in [0, 0.1) is 12.7 Å². The number of amides is 1. The minimum absolute atomic E-state index is 0.0882. The highest BCUT2D eigenvalue weighted by atomic mass is 19.1. The smallest absolute Gasteiger partial charge is 0.246 e. The van der Waals surface area contributed by atoms with Gasteiger partial charge in [-0.1, -0.05) is 18.7 Å². The van der Waals surface area contributed by atoms with Crippen LogP contribution in [0.4, 0.5) is 4.39 Å². The Labute approximate surface area is 191 Å². The molecule has 3 heterocycles. The summed E-state index contributed by atoms with van der Waals surface area (Å²) >= 11 is 0. The molecule has 0 radical (unpaired) electrons. The molecule has 7 heteroatoms. The van der Waals surface area contributed by atoms with Crippen molar-refractivity contribution in [1.82, 2.24) is 19.3 Å². The quantitative estimate of drug-likeness (QED) is 0.384. The van der Waals surface area contributed by atoms with E-state index in [4.69, 9.17) is 9.72 Å². The summed E-state index contributed by atoms with van der Waals surface area (Å²) in [6.45, 7) is 6.02. The summed E-state index contributed by atoms with van der Waals surface area (Å²) in [4.78, 5) is 23.4. The van der Waals surface area contributed by atoms with E-state index < -0.39 is 0 Å². The molecule has 0 N–H and O–H groups in total. The first-order valence-electron chi connectivity index (χ1n) is 10.8. The summed E-state index contributed by atoms with van der Waals surface area (Å²) in [5.74, 6) is 1.07. The molecule has 5 rings (SSSR count). The van der Waals surface area contributed by atoms with E-state index in [2.05, 4.69) is 11.6 Å². The van der Waals surface area contributed by atoms with Crippen LogP contribution in [-0.4, -0.2) is 31.7 Å². The highest BCUT2D eigenvalue weighted by molar-refractivity contribution is 5.87. The van der Waals surface area contributed by atoms with Gasteiger partial charge < -0.3 is 9.64 Å². The standard InChI is InChI=1S/C26H23FN4O2/c1-3-23(32)30-14-5-7-20(30)26-29-25(21-16-28-13-15-31(21)26)18-9-11-19(12-10-18)33-22-8-4-6-17(2)24(22)27/h3-4,6,8-13,15-16,20H,1,5,7,14H2,2H3/t20-/m0/s1. The Bertz CT molecular complexity index is 1350. The summed E-state index contributed by atoms with van der Waals surface area (Å²) in [6, 6.07) is 12.3. The third kappa shape index (κ3) is 3.75. The van der Waals surface area contributed by atoms with Gasteiger partial charge >= 0.3 is 0 Å². The Morgan fingerprint density at radius 2 is 2.06 bits per heavy atom. The largest absolute Gasteiger partial charge is 0.454 e. The lowest BCUT2D eigenvalue weighted by Gasteiger charge is -2.22. The van der Waals surface area contributed by atoms with Crippen molar-refractivity contribution in [3.05, 3.63) is 90.9 Å². The zero-order chi connectivity index (χ0) is 22.9. The van der Waals surface area contributed by atoms with Crippen molar-refractivity contribution in [2.24, 2.45) is 0 Å². The van der Waals surface area contributed by atoms with Gasteiger partial charge in [-0.15, -0.1) is 0 Å². The van der Waals surface area contributed by atoms with E-state index in [-0.39, 0.29) is 23.5 Å². The maximum absolute atomic E-state index is 14.3. The number of aromatic nitrogens is 3. The fraction of sp³-hybridized carbons (Fsp3) is 0.192. The molecule has 4 aromatic rings. The number of fused-ring (bicyclic) bond motifs is 1. The van der Waals surface area contributed by atoms with Gasteiger partial charge in [0.05, 0.1) is 23.4 Å². The molecule has 1 saturated heterocycles. The van der Waals surface area contributed by atoms with E-state index in [0.717, 1.165) is 35.4 Å². The van der Waals surface area contributed by atoms with Crippen LogP contribution in [0.3, 0.4) is 0 Å². The Hall–Kier alpha value is -4.00. The van der Waals surface area contributed by atoms with Gasteiger partial charge in [0, 0.05) is 24.5 Å². The number of ether oxygens (including phenoxy) is 1. The van der Waals surface area contributed by atoms with Crippen LogP contribution < -0.4 is 4.74 Å². The van der Waals surface area contributed by atoms with E-state index >= 15 is 0 Å². The summed E-state index contributed by atoms with van der Waals surface area (Å²) < 4.78 is 22.0. The first-order valence-corrected chi connectivity index (χ1v) is 10.8. The van der Waals surface area contributed by atoms with Gasteiger partial charge in [-0.2, -0.15) is 0 Å². The molecule has 1 amide bonds. The van der Waals surface area contributed by atoms with Gasteiger partial charge in [0.1, 0.15) is 11.6 Å². The van der Waals surface area contributed by atoms with Gasteiger partial charge in [0.25, 0.3) is 0 Å². The average molecular weight is 442 g/mol. The minimum atomic E-state index is -0.368. The molecule has 33 heavy (non-hydrogen) atoms. The molecule has 0 saturated carbocycles. The number of halogens is 1. The third-order valence-electron chi connectivity index (χ3n) is 5.99. The fourth-order valence-corrected chi connectivity index (χ4v) is 4.33. The number of likely N-dealkylation sites (tertiary alicyclic amines) is 1. The van der Waals surface area contributed by atoms with Crippen molar-refractivity contribution >= 4 is 11.4 Å². The van der Waals surface area contributed by atoms with Crippen LogP contribution in [0.15, 0.2) is 73.7 Å². The normalized spacial score (nSPS) is 15.7. The molecular weight excluding hydrogens is 419 g/mol. The number of aryl methyl sites for hydroxylation is 1. The van der Waals surface area contributed by atoms with Crippen molar-refractivity contribution in [3.8, 4) is 22.8 Å². The van der Waals surface area contributed by atoms with Crippen molar-refractivity contribution in [3.63, 3.8) is 0 Å². The molecule has 2 aromatic carbocycles. The molecule has 6 nitrogen and oxygen atoms in total. The Balaban J connectivity index is 1.50. The van der Waals surface area contributed by atoms with E-state index in [1.807, 2.05) is 27.6 Å². The number of hydrogen-bond acceptors (Lipinski definition) is 4. The molecule has 0 spiro atoms. The number of imidazole rings is 1. The van der Waals surface area contributed by atoms with Crippen molar-refractivity contribution in [1.29, 1.82) is 0 Å². The predicted octanol–water partition coefficient (Wildman–Crippen LogP) is 5.49. The molecule has 1 aliphatic rings. The van der Waals surface area contributed by atoms with E-state index in [9.17, 15) is 9.18 Å². The van der Waals surface area contributed by atoms with E-state index in [1.165, 1.54) is 6.08 Å². The monoisotopic (exact) mass is 442 g/mol. The summed E-state index contributed by atoms with van der Waals surface area (Å²) in [6.07, 6.45) is 8.47. The molecule has 1 fully saturated rings. The molecule has 0 unspecified atom stereocenters. The SMILES string of the molecule is C=CC(=O)N1CCC[C@H]1c1nc(-c2ccc(Oc3cccc(C)c3F)cc2)c2cnccn12. The second-order valence-electron chi connectivity index (χ2n) is 8.06. The number of hydrogen-bond donors (Lipinski definition) is 0. The van der Waals surface area contributed by atoms with Crippen LogP contribution in [-0.2, 0) is 4.79 Å². The lowest BCUT2D eigenvalue weighted by molar-refractivity contribution is -0.127. The molecule has 0 aliphatic carbocycles.